The van der Waals surface area contributed by atoms with Crippen molar-refractivity contribution in [1.29, 1.82) is 0 Å². The molecular formula is C19H19F2N3O2. The van der Waals surface area contributed by atoms with Gasteiger partial charge < -0.3 is 15.5 Å². The van der Waals surface area contributed by atoms with E-state index in [1.54, 1.807) is 17.0 Å². The van der Waals surface area contributed by atoms with Gasteiger partial charge in [0.1, 0.15) is 11.6 Å². The summed E-state index contributed by atoms with van der Waals surface area (Å²) in [6, 6.07) is 11.2. The zero-order valence-electron chi connectivity index (χ0n) is 14.0. The molecule has 0 bridgehead atoms. The Morgan fingerprint density at radius 1 is 0.923 bits per heavy atom. The van der Waals surface area contributed by atoms with Crippen molar-refractivity contribution in [3.05, 3.63) is 60.2 Å². The second-order valence-electron chi connectivity index (χ2n) is 6.17. The summed E-state index contributed by atoms with van der Waals surface area (Å²) in [4.78, 5) is 26.1. The lowest BCUT2D eigenvalue weighted by Gasteiger charge is -2.31. The number of piperidine rings is 1. The third kappa shape index (κ3) is 4.36. The molecule has 0 atom stereocenters. The van der Waals surface area contributed by atoms with Crippen LogP contribution in [-0.2, 0) is 4.79 Å². The number of halogens is 2. The molecule has 5 nitrogen and oxygen atoms in total. The Labute approximate surface area is 150 Å². The Morgan fingerprint density at radius 3 is 2.23 bits per heavy atom. The molecule has 1 fully saturated rings. The van der Waals surface area contributed by atoms with Crippen LogP contribution in [0.1, 0.15) is 12.8 Å². The maximum absolute atomic E-state index is 13.6. The first-order valence-corrected chi connectivity index (χ1v) is 8.40. The van der Waals surface area contributed by atoms with Crippen LogP contribution >= 0.6 is 0 Å². The predicted molar refractivity (Wildman–Crippen MR) is 94.7 cm³/mol. The molecule has 0 radical (unpaired) electrons. The van der Waals surface area contributed by atoms with Gasteiger partial charge in [-0.15, -0.1) is 0 Å². The molecule has 26 heavy (non-hydrogen) atoms. The van der Waals surface area contributed by atoms with Crippen LogP contribution in [-0.4, -0.2) is 29.9 Å². The lowest BCUT2D eigenvalue weighted by molar-refractivity contribution is -0.121. The van der Waals surface area contributed by atoms with Crippen LogP contribution in [0.2, 0.25) is 0 Å². The number of amides is 3. The molecular weight excluding hydrogens is 340 g/mol. The monoisotopic (exact) mass is 359 g/mol. The van der Waals surface area contributed by atoms with Crippen molar-refractivity contribution in [2.45, 2.75) is 12.8 Å². The molecule has 0 aromatic heterocycles. The zero-order chi connectivity index (χ0) is 18.5. The molecule has 136 valence electrons. The molecule has 2 aromatic carbocycles. The zero-order valence-corrected chi connectivity index (χ0v) is 14.0. The van der Waals surface area contributed by atoms with Gasteiger partial charge in [0.2, 0.25) is 5.91 Å². The van der Waals surface area contributed by atoms with Crippen LogP contribution in [0.25, 0.3) is 0 Å². The lowest BCUT2D eigenvalue weighted by atomic mass is 9.96. The van der Waals surface area contributed by atoms with Gasteiger partial charge in [0.25, 0.3) is 0 Å². The fourth-order valence-electron chi connectivity index (χ4n) is 2.88. The van der Waals surface area contributed by atoms with Crippen molar-refractivity contribution in [3.8, 4) is 0 Å². The van der Waals surface area contributed by atoms with E-state index in [1.165, 1.54) is 36.4 Å². The predicted octanol–water partition coefficient (Wildman–Crippen LogP) is 3.85. The second kappa shape index (κ2) is 7.95. The van der Waals surface area contributed by atoms with E-state index in [4.69, 9.17) is 0 Å². The number of carbonyl (C=O) groups excluding carboxylic acids is 2. The first-order valence-electron chi connectivity index (χ1n) is 8.40. The van der Waals surface area contributed by atoms with Gasteiger partial charge in [0.15, 0.2) is 0 Å². The molecule has 3 amide bonds. The van der Waals surface area contributed by atoms with E-state index < -0.39 is 5.82 Å². The van der Waals surface area contributed by atoms with E-state index in [2.05, 4.69) is 10.6 Å². The van der Waals surface area contributed by atoms with Gasteiger partial charge in [0, 0.05) is 24.7 Å². The lowest BCUT2D eigenvalue weighted by Crippen LogP contribution is -2.43. The highest BCUT2D eigenvalue weighted by Gasteiger charge is 2.27. The van der Waals surface area contributed by atoms with E-state index in [-0.39, 0.29) is 29.4 Å². The number of hydrogen-bond acceptors (Lipinski definition) is 2. The van der Waals surface area contributed by atoms with Gasteiger partial charge in [0.05, 0.1) is 5.69 Å². The number of anilines is 2. The van der Waals surface area contributed by atoms with E-state index in [0.717, 1.165) is 0 Å². The Balaban J connectivity index is 1.50. The number of urea groups is 1. The summed E-state index contributed by atoms with van der Waals surface area (Å²) in [5, 5.41) is 5.30. The normalized spacial score (nSPS) is 14.8. The molecule has 1 saturated heterocycles. The average molecular weight is 359 g/mol. The summed E-state index contributed by atoms with van der Waals surface area (Å²) >= 11 is 0. The van der Waals surface area contributed by atoms with Crippen LogP contribution in [0, 0.1) is 17.6 Å². The number of rotatable bonds is 3. The van der Waals surface area contributed by atoms with Crippen molar-refractivity contribution in [2.75, 3.05) is 23.7 Å². The fourth-order valence-corrected chi connectivity index (χ4v) is 2.88. The standard InChI is InChI=1S/C19H19F2N3O2/c20-14-5-7-15(8-6-14)22-19(26)24-11-9-13(10-12-24)18(25)23-17-4-2-1-3-16(17)21/h1-8,13H,9-12H2,(H,22,26)(H,23,25). The molecule has 0 unspecified atom stereocenters. The van der Waals surface area contributed by atoms with Gasteiger partial charge in [-0.3, -0.25) is 4.79 Å². The summed E-state index contributed by atoms with van der Waals surface area (Å²) in [7, 11) is 0. The van der Waals surface area contributed by atoms with Gasteiger partial charge >= 0.3 is 6.03 Å². The number of likely N-dealkylation sites (tertiary alicyclic amines) is 1. The van der Waals surface area contributed by atoms with Gasteiger partial charge in [-0.25, -0.2) is 13.6 Å². The molecule has 7 heteroatoms. The largest absolute Gasteiger partial charge is 0.324 e. The summed E-state index contributed by atoms with van der Waals surface area (Å²) in [5.74, 6) is -1.36. The smallest absolute Gasteiger partial charge is 0.321 e. The Hall–Kier alpha value is -2.96. The van der Waals surface area contributed by atoms with E-state index in [1.807, 2.05) is 0 Å². The SMILES string of the molecule is O=C(Nc1ccccc1F)C1CCN(C(=O)Nc2ccc(F)cc2)CC1. The fraction of sp³-hybridized carbons (Fsp3) is 0.263. The highest BCUT2D eigenvalue weighted by molar-refractivity contribution is 5.93. The highest BCUT2D eigenvalue weighted by atomic mass is 19.1. The number of nitrogens with zero attached hydrogens (tertiary/aromatic N) is 1. The molecule has 0 spiro atoms. The quantitative estimate of drug-likeness (QED) is 0.874. The van der Waals surface area contributed by atoms with Gasteiger partial charge in [-0.05, 0) is 49.2 Å². The molecule has 1 heterocycles. The minimum absolute atomic E-state index is 0.161. The summed E-state index contributed by atoms with van der Waals surface area (Å²) in [6.45, 7) is 0.838. The van der Waals surface area contributed by atoms with Crippen LogP contribution in [0.5, 0.6) is 0 Å². The maximum Gasteiger partial charge on any atom is 0.321 e. The summed E-state index contributed by atoms with van der Waals surface area (Å²) in [5.41, 5.74) is 0.671. The van der Waals surface area contributed by atoms with E-state index in [9.17, 15) is 18.4 Å². The van der Waals surface area contributed by atoms with Gasteiger partial charge in [-0.2, -0.15) is 0 Å². The number of para-hydroxylation sites is 1. The maximum atomic E-state index is 13.6. The minimum Gasteiger partial charge on any atom is -0.324 e. The molecule has 3 rings (SSSR count). The number of benzene rings is 2. The van der Waals surface area contributed by atoms with Crippen molar-refractivity contribution < 1.29 is 18.4 Å². The second-order valence-corrected chi connectivity index (χ2v) is 6.17. The molecule has 2 aromatic rings. The van der Waals surface area contributed by atoms with Crippen LogP contribution < -0.4 is 10.6 Å². The molecule has 0 aliphatic carbocycles. The number of nitrogens with one attached hydrogen (secondary N) is 2. The van der Waals surface area contributed by atoms with E-state index in [0.29, 0.717) is 31.6 Å². The average Bonchev–Trinajstić information content (AvgIpc) is 2.65. The molecule has 0 saturated carbocycles. The van der Waals surface area contributed by atoms with Crippen molar-refractivity contribution in [2.24, 2.45) is 5.92 Å². The van der Waals surface area contributed by atoms with E-state index >= 15 is 0 Å². The van der Waals surface area contributed by atoms with Gasteiger partial charge in [-0.1, -0.05) is 12.1 Å². The van der Waals surface area contributed by atoms with Crippen LogP contribution in [0.15, 0.2) is 48.5 Å². The summed E-state index contributed by atoms with van der Waals surface area (Å²) < 4.78 is 26.5. The van der Waals surface area contributed by atoms with Crippen LogP contribution in [0.4, 0.5) is 25.0 Å². The topological polar surface area (TPSA) is 61.4 Å². The third-order valence-electron chi connectivity index (χ3n) is 4.38. The van der Waals surface area contributed by atoms with Crippen molar-refractivity contribution in [3.63, 3.8) is 0 Å². The van der Waals surface area contributed by atoms with Crippen LogP contribution in [0.3, 0.4) is 0 Å². The number of carbonyl (C=O) groups is 2. The third-order valence-corrected chi connectivity index (χ3v) is 4.38. The molecule has 1 aliphatic rings. The molecule has 2 N–H and O–H groups in total. The first kappa shape index (κ1) is 17.8. The van der Waals surface area contributed by atoms with Crippen molar-refractivity contribution >= 4 is 23.3 Å². The molecule has 1 aliphatic heterocycles. The highest BCUT2D eigenvalue weighted by Crippen LogP contribution is 2.21. The summed E-state index contributed by atoms with van der Waals surface area (Å²) in [6.07, 6.45) is 0.994. The Bertz CT molecular complexity index is 788. The Morgan fingerprint density at radius 2 is 1.58 bits per heavy atom. The first-order chi connectivity index (χ1) is 12.5. The van der Waals surface area contributed by atoms with Crippen molar-refractivity contribution in [1.82, 2.24) is 4.90 Å². The number of hydrogen-bond donors (Lipinski definition) is 2. The Kier molecular flexibility index (Phi) is 5.46. The minimum atomic E-state index is -0.475.